The first-order chi connectivity index (χ1) is 15.7. The zero-order valence-electron chi connectivity index (χ0n) is 17.7. The molecule has 0 unspecified atom stereocenters. The molecule has 178 valence electrons. The van der Waals surface area contributed by atoms with Crippen molar-refractivity contribution in [2.45, 2.75) is 18.0 Å². The molecule has 3 rings (SSSR count). The van der Waals surface area contributed by atoms with Crippen molar-refractivity contribution in [3.8, 4) is 11.1 Å². The van der Waals surface area contributed by atoms with Gasteiger partial charge in [0.15, 0.2) is 9.84 Å². The van der Waals surface area contributed by atoms with E-state index in [0.717, 1.165) is 19.2 Å². The van der Waals surface area contributed by atoms with Gasteiger partial charge in [0, 0.05) is 29.1 Å². The van der Waals surface area contributed by atoms with E-state index in [1.807, 2.05) is 0 Å². The molecule has 0 spiro atoms. The smallest absolute Gasteiger partial charge is 0.351 e. The number of alkyl halides is 3. The Bertz CT molecular complexity index is 1410. The summed E-state index contributed by atoms with van der Waals surface area (Å²) in [4.78, 5) is 29.1. The Morgan fingerprint density at radius 1 is 1.06 bits per heavy atom. The van der Waals surface area contributed by atoms with E-state index in [-0.39, 0.29) is 22.4 Å². The second kappa shape index (κ2) is 8.86. The molecular weight excluding hydrogens is 478 g/mol. The predicted molar refractivity (Wildman–Crippen MR) is 115 cm³/mol. The van der Waals surface area contributed by atoms with E-state index in [1.165, 1.54) is 30.5 Å². The number of hydrogen-bond acceptors (Lipinski definition) is 5. The number of hydrogen-bond donors (Lipinski definition) is 1. The van der Waals surface area contributed by atoms with Crippen LogP contribution in [0.1, 0.15) is 21.5 Å². The number of carbonyl (C=O) groups is 2. The third kappa shape index (κ3) is 4.76. The summed E-state index contributed by atoms with van der Waals surface area (Å²) in [5.41, 5.74) is 2.62. The van der Waals surface area contributed by atoms with Crippen molar-refractivity contribution in [2.24, 2.45) is 5.73 Å². The molecule has 12 heteroatoms. The number of amides is 3. The van der Waals surface area contributed by atoms with Crippen LogP contribution < -0.4 is 10.6 Å². The number of halogens is 4. The molecule has 0 aliphatic carbocycles. The van der Waals surface area contributed by atoms with E-state index in [9.17, 15) is 35.6 Å². The largest absolute Gasteiger partial charge is 0.416 e. The average molecular weight is 495 g/mol. The van der Waals surface area contributed by atoms with Gasteiger partial charge < -0.3 is 5.73 Å². The minimum atomic E-state index is -4.99. The number of sulfone groups is 1. The minimum absolute atomic E-state index is 0.00761. The van der Waals surface area contributed by atoms with Crippen LogP contribution in [-0.4, -0.2) is 31.6 Å². The van der Waals surface area contributed by atoms with Gasteiger partial charge in [0.2, 0.25) is 0 Å². The summed E-state index contributed by atoms with van der Waals surface area (Å²) in [5.74, 6) is -2.05. The van der Waals surface area contributed by atoms with Gasteiger partial charge in [-0.1, -0.05) is 18.2 Å². The van der Waals surface area contributed by atoms with Crippen LogP contribution in [0, 0.1) is 12.7 Å². The summed E-state index contributed by atoms with van der Waals surface area (Å²) in [6.45, 7) is 1.13. The Kier molecular flexibility index (Phi) is 6.47. The molecule has 0 aliphatic rings. The highest BCUT2D eigenvalue weighted by atomic mass is 32.2. The first-order valence-corrected chi connectivity index (χ1v) is 11.4. The first-order valence-electron chi connectivity index (χ1n) is 9.48. The topological polar surface area (TPSA) is 110 Å². The summed E-state index contributed by atoms with van der Waals surface area (Å²) in [6.07, 6.45) is -2.03. The summed E-state index contributed by atoms with van der Waals surface area (Å²) in [6, 6.07) is 6.13. The number of nitrogens with two attached hydrogens (primary N) is 1. The number of nitrogens with zero attached hydrogens (tertiary/aromatic N) is 2. The lowest BCUT2D eigenvalue weighted by Gasteiger charge is -2.23. The molecule has 0 bridgehead atoms. The summed E-state index contributed by atoms with van der Waals surface area (Å²) < 4.78 is 79.1. The van der Waals surface area contributed by atoms with Crippen molar-refractivity contribution < 1.29 is 35.6 Å². The van der Waals surface area contributed by atoms with Crippen molar-refractivity contribution >= 4 is 27.5 Å². The van der Waals surface area contributed by atoms with Gasteiger partial charge in [-0.05, 0) is 36.8 Å². The number of imide groups is 1. The third-order valence-corrected chi connectivity index (χ3v) is 6.17. The van der Waals surface area contributed by atoms with Gasteiger partial charge in [-0.15, -0.1) is 0 Å². The number of urea groups is 1. The highest BCUT2D eigenvalue weighted by Crippen LogP contribution is 2.36. The molecule has 0 saturated carbocycles. The van der Waals surface area contributed by atoms with Gasteiger partial charge in [0.25, 0.3) is 5.91 Å². The van der Waals surface area contributed by atoms with Gasteiger partial charge in [-0.2, -0.15) is 13.2 Å². The fraction of sp³-hybridized carbons (Fsp3) is 0.136. The SMILES string of the molecule is Cc1c(C(=O)N(C(N)=O)c2cnccc2-c2ccccc2F)cc(C(F)(F)F)cc1S(C)(=O)=O. The van der Waals surface area contributed by atoms with Gasteiger partial charge in [-0.3, -0.25) is 9.78 Å². The van der Waals surface area contributed by atoms with E-state index in [0.29, 0.717) is 23.3 Å². The van der Waals surface area contributed by atoms with Crippen molar-refractivity contribution in [1.29, 1.82) is 0 Å². The van der Waals surface area contributed by atoms with Crippen LogP contribution >= 0.6 is 0 Å². The van der Waals surface area contributed by atoms with Gasteiger partial charge in [-0.25, -0.2) is 22.5 Å². The fourth-order valence-corrected chi connectivity index (χ4v) is 4.39. The fourth-order valence-electron chi connectivity index (χ4n) is 3.38. The molecule has 34 heavy (non-hydrogen) atoms. The molecule has 1 aromatic heterocycles. The molecule has 0 saturated heterocycles. The van der Waals surface area contributed by atoms with Crippen LogP contribution in [0.3, 0.4) is 0 Å². The average Bonchev–Trinajstić information content (AvgIpc) is 2.73. The quantitative estimate of drug-likeness (QED) is 0.542. The molecule has 1 heterocycles. The number of rotatable bonds is 4. The highest BCUT2D eigenvalue weighted by Gasteiger charge is 2.36. The van der Waals surface area contributed by atoms with Gasteiger partial charge in [0.1, 0.15) is 5.82 Å². The molecular formula is C22H17F4N3O4S. The number of aromatic nitrogens is 1. The number of anilines is 1. The zero-order valence-corrected chi connectivity index (χ0v) is 18.5. The van der Waals surface area contributed by atoms with E-state index < -0.39 is 49.8 Å². The van der Waals surface area contributed by atoms with Gasteiger partial charge in [0.05, 0.1) is 22.3 Å². The zero-order chi connectivity index (χ0) is 25.4. The molecule has 3 amide bonds. The van der Waals surface area contributed by atoms with Crippen LogP contribution in [0.4, 0.5) is 28.0 Å². The normalized spacial score (nSPS) is 11.8. The second-order valence-corrected chi connectivity index (χ2v) is 9.25. The lowest BCUT2D eigenvalue weighted by molar-refractivity contribution is -0.137. The maximum atomic E-state index is 14.4. The van der Waals surface area contributed by atoms with Crippen LogP contribution in [0.2, 0.25) is 0 Å². The van der Waals surface area contributed by atoms with E-state index in [2.05, 4.69) is 4.98 Å². The van der Waals surface area contributed by atoms with Crippen LogP contribution in [-0.2, 0) is 16.0 Å². The molecule has 2 N–H and O–H groups in total. The Balaban J connectivity index is 2.29. The molecule has 0 atom stereocenters. The molecule has 0 radical (unpaired) electrons. The van der Waals surface area contributed by atoms with Gasteiger partial charge >= 0.3 is 12.2 Å². The Morgan fingerprint density at radius 2 is 1.71 bits per heavy atom. The van der Waals surface area contributed by atoms with Crippen LogP contribution in [0.15, 0.2) is 59.8 Å². The lowest BCUT2D eigenvalue weighted by atomic mass is 10.0. The van der Waals surface area contributed by atoms with Crippen molar-refractivity contribution in [2.75, 3.05) is 11.2 Å². The standard InChI is InChI=1S/C22H17F4N3O4S/c1-12-16(9-13(22(24,25)26)10-19(12)34(2,32)33)20(30)29(21(27)31)18-11-28-8-7-15(18)14-5-3-4-6-17(14)23/h3-11H,1-2H3,(H2,27,31). The molecule has 3 aromatic rings. The Labute approximate surface area is 191 Å². The predicted octanol–water partition coefficient (Wildman–Crippen LogP) is 4.34. The monoisotopic (exact) mass is 495 g/mol. The lowest BCUT2D eigenvalue weighted by Crippen LogP contribution is -2.41. The summed E-state index contributed by atoms with van der Waals surface area (Å²) in [7, 11) is -4.19. The minimum Gasteiger partial charge on any atom is -0.351 e. The summed E-state index contributed by atoms with van der Waals surface area (Å²) in [5, 5.41) is 0. The maximum absolute atomic E-state index is 14.4. The van der Waals surface area contributed by atoms with E-state index >= 15 is 0 Å². The van der Waals surface area contributed by atoms with Crippen molar-refractivity contribution in [1.82, 2.24) is 4.98 Å². The second-order valence-electron chi connectivity index (χ2n) is 7.27. The highest BCUT2D eigenvalue weighted by molar-refractivity contribution is 7.90. The maximum Gasteiger partial charge on any atom is 0.416 e. The number of benzene rings is 2. The molecule has 2 aromatic carbocycles. The first kappa shape index (κ1) is 24.8. The number of carbonyl (C=O) groups excluding carboxylic acids is 2. The van der Waals surface area contributed by atoms with E-state index in [4.69, 9.17) is 5.73 Å². The van der Waals surface area contributed by atoms with Crippen molar-refractivity contribution in [3.05, 3.63) is 77.4 Å². The van der Waals surface area contributed by atoms with E-state index in [1.54, 1.807) is 0 Å². The van der Waals surface area contributed by atoms with Crippen LogP contribution in [0.25, 0.3) is 11.1 Å². The third-order valence-electron chi connectivity index (χ3n) is 4.95. The number of primary amides is 1. The van der Waals surface area contributed by atoms with Crippen molar-refractivity contribution in [3.63, 3.8) is 0 Å². The number of pyridine rings is 1. The Hall–Kier alpha value is -3.80. The molecule has 0 aliphatic heterocycles. The van der Waals surface area contributed by atoms with Crippen LogP contribution in [0.5, 0.6) is 0 Å². The molecule has 0 fully saturated rings. The molecule has 7 nitrogen and oxygen atoms in total. The Morgan fingerprint density at radius 3 is 2.26 bits per heavy atom. The summed E-state index contributed by atoms with van der Waals surface area (Å²) >= 11 is 0.